The molecule has 3 aromatic heterocycles. The van der Waals surface area contributed by atoms with Crippen molar-refractivity contribution in [2.24, 2.45) is 0 Å². The van der Waals surface area contributed by atoms with Crippen LogP contribution in [0.3, 0.4) is 0 Å². The van der Waals surface area contributed by atoms with Gasteiger partial charge in [-0.1, -0.05) is 117 Å². The van der Waals surface area contributed by atoms with E-state index in [0.717, 1.165) is 38.5 Å². The van der Waals surface area contributed by atoms with Crippen molar-refractivity contribution in [1.82, 2.24) is 14.5 Å². The van der Waals surface area contributed by atoms with E-state index in [-0.39, 0.29) is 5.41 Å². The van der Waals surface area contributed by atoms with Gasteiger partial charge in [-0.2, -0.15) is 0 Å². The summed E-state index contributed by atoms with van der Waals surface area (Å²) in [6.07, 6.45) is 0. The van der Waals surface area contributed by atoms with E-state index in [4.69, 9.17) is 9.97 Å². The third-order valence-electron chi connectivity index (χ3n) is 10.0. The number of fused-ring (bicyclic) bond motifs is 9. The topological polar surface area (TPSA) is 30.7 Å². The van der Waals surface area contributed by atoms with Crippen LogP contribution in [0.15, 0.2) is 140 Å². The predicted octanol–water partition coefficient (Wildman–Crippen LogP) is 11.6. The lowest BCUT2D eigenvalue weighted by Gasteiger charge is -2.21. The Kier molecular flexibility index (Phi) is 5.50. The molecule has 0 saturated heterocycles. The van der Waals surface area contributed by atoms with E-state index in [1.54, 1.807) is 11.3 Å². The summed E-state index contributed by atoms with van der Waals surface area (Å²) in [5.74, 6) is 0.749. The average molecular weight is 620 g/mol. The zero-order valence-electron chi connectivity index (χ0n) is 26.0. The van der Waals surface area contributed by atoms with Crippen LogP contribution in [0, 0.1) is 0 Å². The highest BCUT2D eigenvalue weighted by Gasteiger charge is 2.36. The minimum absolute atomic E-state index is 0.0797. The van der Waals surface area contributed by atoms with Gasteiger partial charge in [-0.05, 0) is 58.7 Å². The molecule has 0 atom stereocenters. The third-order valence-corrected chi connectivity index (χ3v) is 11.1. The molecule has 3 nitrogen and oxygen atoms in total. The summed E-state index contributed by atoms with van der Waals surface area (Å²) < 4.78 is 3.66. The summed E-state index contributed by atoms with van der Waals surface area (Å²) in [5, 5.41) is 4.85. The number of hydrogen-bond donors (Lipinski definition) is 0. The van der Waals surface area contributed by atoms with Crippen molar-refractivity contribution in [3.63, 3.8) is 0 Å². The SMILES string of the molecule is CC1(C)c2ccccc2-c2cc3c4ccccc4n(-c4cccc(-c5nc(-c6ccccc6)nc6sc7ccccc7c56)c4)c3cc21. The van der Waals surface area contributed by atoms with Crippen LogP contribution in [0.2, 0.25) is 0 Å². The predicted molar refractivity (Wildman–Crippen MR) is 198 cm³/mol. The summed E-state index contributed by atoms with van der Waals surface area (Å²) >= 11 is 1.73. The van der Waals surface area contributed by atoms with E-state index in [1.165, 1.54) is 54.1 Å². The highest BCUT2D eigenvalue weighted by molar-refractivity contribution is 7.25. The largest absolute Gasteiger partial charge is 0.309 e. The Morgan fingerprint density at radius 3 is 2.19 bits per heavy atom. The molecular weight excluding hydrogens is 591 g/mol. The van der Waals surface area contributed by atoms with Gasteiger partial charge in [-0.3, -0.25) is 0 Å². The van der Waals surface area contributed by atoms with Crippen LogP contribution in [0.1, 0.15) is 25.0 Å². The van der Waals surface area contributed by atoms with Crippen LogP contribution in [0.5, 0.6) is 0 Å². The van der Waals surface area contributed by atoms with E-state index in [0.29, 0.717) is 0 Å². The van der Waals surface area contributed by atoms with Crippen LogP contribution >= 0.6 is 11.3 Å². The smallest absolute Gasteiger partial charge is 0.161 e. The molecule has 0 unspecified atom stereocenters. The van der Waals surface area contributed by atoms with Gasteiger partial charge < -0.3 is 4.57 Å². The van der Waals surface area contributed by atoms with Crippen LogP contribution < -0.4 is 0 Å². The van der Waals surface area contributed by atoms with Crippen molar-refractivity contribution >= 4 is 53.4 Å². The Labute approximate surface area is 276 Å². The quantitative estimate of drug-likeness (QED) is 0.197. The van der Waals surface area contributed by atoms with Crippen molar-refractivity contribution in [3.05, 3.63) is 151 Å². The van der Waals surface area contributed by atoms with Crippen molar-refractivity contribution in [1.29, 1.82) is 0 Å². The maximum Gasteiger partial charge on any atom is 0.161 e. The van der Waals surface area contributed by atoms with Crippen molar-refractivity contribution < 1.29 is 0 Å². The summed E-state index contributed by atoms with van der Waals surface area (Å²) in [4.78, 5) is 11.4. The highest BCUT2D eigenvalue weighted by Crippen LogP contribution is 2.51. The van der Waals surface area contributed by atoms with Crippen LogP contribution in [-0.2, 0) is 5.41 Å². The van der Waals surface area contributed by atoms with Crippen molar-refractivity contribution in [2.45, 2.75) is 19.3 Å². The number of thiophene rings is 1. The van der Waals surface area contributed by atoms with Gasteiger partial charge in [0, 0.05) is 48.5 Å². The molecule has 10 rings (SSSR count). The van der Waals surface area contributed by atoms with E-state index < -0.39 is 0 Å². The van der Waals surface area contributed by atoms with Gasteiger partial charge in [0.25, 0.3) is 0 Å². The fraction of sp³-hybridized carbons (Fsp3) is 0.0698. The number of nitrogens with zero attached hydrogens (tertiary/aromatic N) is 3. The lowest BCUT2D eigenvalue weighted by molar-refractivity contribution is 0.661. The summed E-state index contributed by atoms with van der Waals surface area (Å²) in [6.45, 7) is 4.71. The molecule has 0 spiro atoms. The van der Waals surface area contributed by atoms with E-state index in [1.807, 2.05) is 18.2 Å². The molecule has 1 aliphatic rings. The van der Waals surface area contributed by atoms with Crippen LogP contribution in [-0.4, -0.2) is 14.5 Å². The van der Waals surface area contributed by atoms with Crippen LogP contribution in [0.25, 0.3) is 81.6 Å². The molecule has 4 heteroatoms. The normalized spacial score (nSPS) is 13.5. The van der Waals surface area contributed by atoms with Gasteiger partial charge in [-0.15, -0.1) is 11.3 Å². The second-order valence-electron chi connectivity index (χ2n) is 13.0. The van der Waals surface area contributed by atoms with E-state index in [9.17, 15) is 0 Å². The molecule has 0 N–H and O–H groups in total. The number of hydrogen-bond acceptors (Lipinski definition) is 3. The van der Waals surface area contributed by atoms with Gasteiger partial charge in [0.05, 0.1) is 16.7 Å². The molecular formula is C43H29N3S. The van der Waals surface area contributed by atoms with Gasteiger partial charge in [-0.25, -0.2) is 9.97 Å². The highest BCUT2D eigenvalue weighted by atomic mass is 32.1. The molecule has 0 aliphatic heterocycles. The number of aromatic nitrogens is 3. The maximum absolute atomic E-state index is 5.29. The summed E-state index contributed by atoms with van der Waals surface area (Å²) in [7, 11) is 0. The fourth-order valence-electron chi connectivity index (χ4n) is 7.78. The average Bonchev–Trinajstić information content (AvgIpc) is 3.73. The molecule has 0 fully saturated rings. The first kappa shape index (κ1) is 26.6. The molecule has 0 amide bonds. The fourth-order valence-corrected chi connectivity index (χ4v) is 8.86. The first-order valence-electron chi connectivity index (χ1n) is 16.1. The Morgan fingerprint density at radius 1 is 0.553 bits per heavy atom. The summed E-state index contributed by atoms with van der Waals surface area (Å²) in [5.41, 5.74) is 12.0. The molecule has 47 heavy (non-hydrogen) atoms. The molecule has 3 heterocycles. The zero-order valence-corrected chi connectivity index (χ0v) is 26.8. The Balaban J connectivity index is 1.24. The number of benzene rings is 6. The lowest BCUT2D eigenvalue weighted by Crippen LogP contribution is -2.14. The van der Waals surface area contributed by atoms with E-state index >= 15 is 0 Å². The minimum Gasteiger partial charge on any atom is -0.309 e. The van der Waals surface area contributed by atoms with Gasteiger partial charge in [0.15, 0.2) is 5.82 Å². The first-order valence-corrected chi connectivity index (χ1v) is 16.9. The second-order valence-corrected chi connectivity index (χ2v) is 14.1. The first-order chi connectivity index (χ1) is 23.1. The monoisotopic (exact) mass is 619 g/mol. The van der Waals surface area contributed by atoms with E-state index in [2.05, 4.69) is 140 Å². The van der Waals surface area contributed by atoms with Gasteiger partial charge in [0.2, 0.25) is 0 Å². The number of para-hydroxylation sites is 1. The van der Waals surface area contributed by atoms with Gasteiger partial charge >= 0.3 is 0 Å². The molecule has 9 aromatic rings. The Morgan fingerprint density at radius 2 is 1.30 bits per heavy atom. The third kappa shape index (κ3) is 3.79. The molecule has 0 bridgehead atoms. The molecule has 1 aliphatic carbocycles. The maximum atomic E-state index is 5.29. The number of rotatable bonds is 3. The lowest BCUT2D eigenvalue weighted by atomic mass is 9.82. The summed E-state index contributed by atoms with van der Waals surface area (Å²) in [6, 6.07) is 50.3. The van der Waals surface area contributed by atoms with Crippen molar-refractivity contribution in [2.75, 3.05) is 0 Å². The van der Waals surface area contributed by atoms with Gasteiger partial charge in [0.1, 0.15) is 4.83 Å². The second kappa shape index (κ2) is 9.71. The zero-order chi connectivity index (χ0) is 31.3. The molecule has 222 valence electrons. The Hall–Kier alpha value is -5.58. The molecule has 6 aromatic carbocycles. The standard InChI is InChI=1S/C43H29N3S/c1-43(2)34-20-9-6-17-29(34)32-24-33-30-18-7-10-21-36(30)46(37(33)25-35(32)43)28-16-12-15-27(23-28)40-39-31-19-8-11-22-38(31)47-42(39)45-41(44-40)26-13-4-3-5-14-26/h3-25H,1-2H3. The molecule has 0 saturated carbocycles. The molecule has 0 radical (unpaired) electrons. The Bertz CT molecular complexity index is 2710. The van der Waals surface area contributed by atoms with Crippen molar-refractivity contribution in [3.8, 4) is 39.5 Å². The van der Waals surface area contributed by atoms with Crippen LogP contribution in [0.4, 0.5) is 0 Å². The minimum atomic E-state index is -0.0797.